The lowest BCUT2D eigenvalue weighted by atomic mass is 9.44. The van der Waals surface area contributed by atoms with Crippen molar-refractivity contribution >= 4 is 0 Å². The van der Waals surface area contributed by atoms with E-state index < -0.39 is 0 Å². The van der Waals surface area contributed by atoms with Crippen molar-refractivity contribution in [1.82, 2.24) is 0 Å². The lowest BCUT2D eigenvalue weighted by molar-refractivity contribution is -0.113. The number of hydrogen-bond acceptors (Lipinski definition) is 0. The first-order chi connectivity index (χ1) is 11.5. The number of rotatable bonds is 2. The Balaban J connectivity index is 0.000000671. The lowest BCUT2D eigenvalue weighted by Gasteiger charge is -2.61. The molecule has 0 radical (unpaired) electrons. The monoisotopic (exact) mass is 336 g/mol. The van der Waals surface area contributed by atoms with E-state index in [0.29, 0.717) is 10.8 Å². The summed E-state index contributed by atoms with van der Waals surface area (Å²) in [6.45, 7) is 18.2. The predicted octanol–water partition coefficient (Wildman–Crippen LogP) is 8.50. The quantitative estimate of drug-likeness (QED) is 0.474. The Morgan fingerprint density at radius 1 is 0.792 bits per heavy atom. The summed E-state index contributed by atoms with van der Waals surface area (Å²) in [5.74, 6) is 4.19. The number of fused-ring (bicyclic) bond motifs is 3. The Hall–Kier alpha value is 0. The van der Waals surface area contributed by atoms with Gasteiger partial charge in [0, 0.05) is 0 Å². The van der Waals surface area contributed by atoms with E-state index in [1.54, 1.807) is 25.7 Å². The summed E-state index contributed by atoms with van der Waals surface area (Å²) in [5, 5.41) is 0. The van der Waals surface area contributed by atoms with Gasteiger partial charge in [0.05, 0.1) is 0 Å². The van der Waals surface area contributed by atoms with Crippen molar-refractivity contribution < 1.29 is 0 Å². The molecule has 144 valence electrons. The summed E-state index contributed by atoms with van der Waals surface area (Å²) >= 11 is 0. The maximum atomic E-state index is 2.69. The Morgan fingerprint density at radius 3 is 2.04 bits per heavy atom. The van der Waals surface area contributed by atoms with Gasteiger partial charge >= 0.3 is 0 Å². The molecule has 6 atom stereocenters. The fourth-order valence-corrected chi connectivity index (χ4v) is 6.92. The first kappa shape index (κ1) is 22.0. The smallest absolute Gasteiger partial charge is 0.0266 e. The number of hydrogen-bond donors (Lipinski definition) is 0. The molecule has 24 heavy (non-hydrogen) atoms. The first-order valence-corrected chi connectivity index (χ1v) is 11.5. The van der Waals surface area contributed by atoms with E-state index in [4.69, 9.17) is 0 Å². The van der Waals surface area contributed by atoms with Gasteiger partial charge in [-0.15, -0.1) is 0 Å². The average Bonchev–Trinajstić information content (AvgIpc) is 2.64. The molecule has 0 bridgehead atoms. The van der Waals surface area contributed by atoms with Gasteiger partial charge in [-0.05, 0) is 73.0 Å². The molecule has 0 aromatic rings. The zero-order valence-electron chi connectivity index (χ0n) is 18.4. The van der Waals surface area contributed by atoms with Crippen molar-refractivity contribution in [3.8, 4) is 0 Å². The van der Waals surface area contributed by atoms with E-state index in [1.165, 1.54) is 38.5 Å². The van der Waals surface area contributed by atoms with Gasteiger partial charge in [-0.3, -0.25) is 0 Å². The highest BCUT2D eigenvalue weighted by atomic mass is 14.6. The van der Waals surface area contributed by atoms with Crippen LogP contribution in [0.4, 0.5) is 0 Å². The first-order valence-electron chi connectivity index (χ1n) is 11.5. The molecule has 0 amide bonds. The second-order valence-corrected chi connectivity index (χ2v) is 8.86. The topological polar surface area (TPSA) is 0 Å². The normalized spacial score (nSPS) is 44.0. The van der Waals surface area contributed by atoms with Crippen molar-refractivity contribution in [1.29, 1.82) is 0 Å². The third kappa shape index (κ3) is 3.88. The molecule has 0 aromatic heterocycles. The molecule has 3 aliphatic rings. The SMILES string of the molecule is CC.CC.CCC1C2CCC3CCCCC3(C)C2CCC1(C)CC. The molecule has 0 heteroatoms. The lowest BCUT2D eigenvalue weighted by Crippen LogP contribution is -2.52. The van der Waals surface area contributed by atoms with Crippen LogP contribution < -0.4 is 0 Å². The molecule has 0 aliphatic heterocycles. The second kappa shape index (κ2) is 9.63. The largest absolute Gasteiger partial charge is 0.0683 e. The van der Waals surface area contributed by atoms with Crippen LogP contribution in [0.25, 0.3) is 0 Å². The van der Waals surface area contributed by atoms with Gasteiger partial charge in [-0.1, -0.05) is 81.1 Å². The second-order valence-electron chi connectivity index (χ2n) is 8.86. The molecule has 3 rings (SSSR count). The van der Waals surface area contributed by atoms with Crippen molar-refractivity contribution in [2.24, 2.45) is 34.5 Å². The van der Waals surface area contributed by atoms with Gasteiger partial charge in [0.1, 0.15) is 0 Å². The molecule has 0 aromatic carbocycles. The summed E-state index contributed by atoms with van der Waals surface area (Å²) < 4.78 is 0. The summed E-state index contributed by atoms with van der Waals surface area (Å²) in [4.78, 5) is 0. The van der Waals surface area contributed by atoms with Crippen molar-refractivity contribution in [3.05, 3.63) is 0 Å². The standard InChI is InChI=1S/C20H36.2C2H6/c1-5-17-16-11-10-15-9-7-8-13-20(15,4)18(16)12-14-19(17,3)6-2;2*1-2/h15-18H,5-14H2,1-4H3;2*1-2H3. The van der Waals surface area contributed by atoms with E-state index >= 15 is 0 Å². The van der Waals surface area contributed by atoms with E-state index in [-0.39, 0.29) is 0 Å². The van der Waals surface area contributed by atoms with E-state index in [9.17, 15) is 0 Å². The fourth-order valence-electron chi connectivity index (χ4n) is 6.92. The minimum atomic E-state index is 0.647. The molecule has 0 nitrogen and oxygen atoms in total. The summed E-state index contributed by atoms with van der Waals surface area (Å²) in [7, 11) is 0. The van der Waals surface area contributed by atoms with E-state index in [1.807, 2.05) is 27.7 Å². The minimum Gasteiger partial charge on any atom is -0.0683 e. The van der Waals surface area contributed by atoms with Crippen LogP contribution in [0.3, 0.4) is 0 Å². The van der Waals surface area contributed by atoms with Gasteiger partial charge in [-0.25, -0.2) is 0 Å². The molecule has 0 heterocycles. The summed E-state index contributed by atoms with van der Waals surface area (Å²) in [6.07, 6.45) is 15.1. The van der Waals surface area contributed by atoms with Crippen LogP contribution in [-0.4, -0.2) is 0 Å². The molecule has 3 aliphatic carbocycles. The Morgan fingerprint density at radius 2 is 1.46 bits per heavy atom. The molecule has 0 spiro atoms. The zero-order valence-corrected chi connectivity index (χ0v) is 18.4. The minimum absolute atomic E-state index is 0.647. The van der Waals surface area contributed by atoms with Crippen molar-refractivity contribution in [3.63, 3.8) is 0 Å². The molecule has 3 fully saturated rings. The van der Waals surface area contributed by atoms with Gasteiger partial charge in [0.15, 0.2) is 0 Å². The van der Waals surface area contributed by atoms with Crippen LogP contribution >= 0.6 is 0 Å². The molecular weight excluding hydrogens is 288 g/mol. The highest BCUT2D eigenvalue weighted by molar-refractivity contribution is 5.04. The highest BCUT2D eigenvalue weighted by Gasteiger charge is 2.55. The van der Waals surface area contributed by atoms with Crippen LogP contribution in [-0.2, 0) is 0 Å². The van der Waals surface area contributed by atoms with Crippen LogP contribution in [0.5, 0.6) is 0 Å². The van der Waals surface area contributed by atoms with Crippen LogP contribution in [0, 0.1) is 34.5 Å². The third-order valence-electron chi connectivity index (χ3n) is 8.35. The fraction of sp³-hybridized carbons (Fsp3) is 1.00. The van der Waals surface area contributed by atoms with Gasteiger partial charge in [0.25, 0.3) is 0 Å². The Kier molecular flexibility index (Phi) is 8.84. The van der Waals surface area contributed by atoms with E-state index in [0.717, 1.165) is 23.7 Å². The maximum absolute atomic E-state index is 2.69. The maximum Gasteiger partial charge on any atom is -0.0266 e. The molecule has 0 N–H and O–H groups in total. The van der Waals surface area contributed by atoms with Crippen LogP contribution in [0.15, 0.2) is 0 Å². The predicted molar refractivity (Wildman–Crippen MR) is 110 cm³/mol. The summed E-state index contributed by atoms with van der Waals surface area (Å²) in [5.41, 5.74) is 1.36. The van der Waals surface area contributed by atoms with Gasteiger partial charge < -0.3 is 0 Å². The van der Waals surface area contributed by atoms with Gasteiger partial charge in [-0.2, -0.15) is 0 Å². The average molecular weight is 337 g/mol. The molecule has 6 unspecified atom stereocenters. The summed E-state index contributed by atoms with van der Waals surface area (Å²) in [6, 6.07) is 0. The van der Waals surface area contributed by atoms with Crippen LogP contribution in [0.1, 0.15) is 120 Å². The zero-order chi connectivity index (χ0) is 18.4. The van der Waals surface area contributed by atoms with Crippen molar-refractivity contribution in [2.45, 2.75) is 120 Å². The van der Waals surface area contributed by atoms with Crippen LogP contribution in [0.2, 0.25) is 0 Å². The highest BCUT2D eigenvalue weighted by Crippen LogP contribution is 2.63. The van der Waals surface area contributed by atoms with E-state index in [2.05, 4.69) is 27.7 Å². The van der Waals surface area contributed by atoms with Crippen molar-refractivity contribution in [2.75, 3.05) is 0 Å². The molecular formula is C24H48. The van der Waals surface area contributed by atoms with Gasteiger partial charge in [0.2, 0.25) is 0 Å². The molecule has 0 saturated heterocycles. The third-order valence-corrected chi connectivity index (χ3v) is 8.35. The Labute approximate surface area is 154 Å². The Bertz CT molecular complexity index is 346. The molecule has 3 saturated carbocycles.